The third kappa shape index (κ3) is 7.14. The maximum Gasteiger partial charge on any atom is 0.254 e. The Hall–Kier alpha value is -1.72. The minimum Gasteiger partial charge on any atom is -0.392 e. The first-order chi connectivity index (χ1) is 16.3. The Balaban J connectivity index is 0.000000144. The average Bonchev–Trinajstić information content (AvgIpc) is 3.41. The number of nitrogens with zero attached hydrogens (tertiary/aromatic N) is 2. The lowest BCUT2D eigenvalue weighted by molar-refractivity contribution is -0.108. The lowest BCUT2D eigenvalue weighted by Crippen LogP contribution is -2.48. The number of hydrogen-bond donors (Lipinski definition) is 1. The van der Waals surface area contributed by atoms with Gasteiger partial charge in [0.2, 0.25) is 0 Å². The minimum atomic E-state index is -0.0174. The number of carbonyl (C=O) groups is 2. The summed E-state index contributed by atoms with van der Waals surface area (Å²) in [5, 5.41) is 9.95. The van der Waals surface area contributed by atoms with Crippen LogP contribution in [-0.4, -0.2) is 60.4 Å². The number of aryl methyl sites for hydroxylation is 1. The number of benzene rings is 1. The van der Waals surface area contributed by atoms with E-state index in [9.17, 15) is 14.7 Å². The highest BCUT2D eigenvalue weighted by Crippen LogP contribution is 2.44. The molecule has 1 spiro atoms. The average molecular weight is 471 g/mol. The number of carbonyl (C=O) groups excluding carboxylic acids is 2. The maximum atomic E-state index is 11.4. The van der Waals surface area contributed by atoms with Crippen molar-refractivity contribution in [2.45, 2.75) is 96.6 Å². The number of aldehydes is 1. The van der Waals surface area contributed by atoms with Gasteiger partial charge in [0, 0.05) is 44.1 Å². The maximum absolute atomic E-state index is 11.4. The molecular formula is C29H46N2O3. The Kier molecular flexibility index (Phi) is 10.1. The van der Waals surface area contributed by atoms with Gasteiger partial charge in [-0.05, 0) is 57.2 Å². The zero-order valence-corrected chi connectivity index (χ0v) is 21.7. The van der Waals surface area contributed by atoms with Crippen molar-refractivity contribution in [3.63, 3.8) is 0 Å². The number of aliphatic hydroxyl groups excluding tert-OH is 1. The second kappa shape index (κ2) is 12.8. The summed E-state index contributed by atoms with van der Waals surface area (Å²) < 4.78 is 0. The Morgan fingerprint density at radius 1 is 1.06 bits per heavy atom. The number of rotatable bonds is 3. The normalized spacial score (nSPS) is 24.2. The van der Waals surface area contributed by atoms with E-state index in [1.165, 1.54) is 63.4 Å². The van der Waals surface area contributed by atoms with Gasteiger partial charge >= 0.3 is 0 Å². The van der Waals surface area contributed by atoms with Gasteiger partial charge in [-0.15, -0.1) is 0 Å². The molecule has 2 aliphatic heterocycles. The summed E-state index contributed by atoms with van der Waals surface area (Å²) >= 11 is 0. The molecule has 4 aliphatic rings. The summed E-state index contributed by atoms with van der Waals surface area (Å²) in [4.78, 5) is 25.6. The summed E-state index contributed by atoms with van der Waals surface area (Å²) in [7, 11) is 4.00. The summed E-state index contributed by atoms with van der Waals surface area (Å²) in [6.07, 6.45) is 16.0. The molecule has 1 saturated heterocycles. The molecule has 0 bridgehead atoms. The van der Waals surface area contributed by atoms with Crippen molar-refractivity contribution >= 4 is 12.2 Å². The summed E-state index contributed by atoms with van der Waals surface area (Å²) in [5.74, 6) is 1.02. The molecule has 2 heterocycles. The van der Waals surface area contributed by atoms with E-state index in [-0.39, 0.29) is 17.4 Å². The standard InChI is InChI=1S/C10H11NO.C10H19NO.C9H16O/c1-7-3-4-9-8(5-7)6-11(2)10(9)12;1-11-7-4-9(12)10(8-11)5-2-3-6-10;10-8-4-7-9-5-2-1-3-6-9/h3-5H,6H2,1-2H3;9,12H,2-8H2,1H3;8-9H,1-7H2. The van der Waals surface area contributed by atoms with E-state index in [4.69, 9.17) is 0 Å². The first kappa shape index (κ1) is 26.9. The third-order valence-electron chi connectivity index (χ3n) is 8.34. The van der Waals surface area contributed by atoms with Gasteiger partial charge in [0.1, 0.15) is 6.29 Å². The molecular weight excluding hydrogens is 424 g/mol. The van der Waals surface area contributed by atoms with Crippen LogP contribution in [0.3, 0.4) is 0 Å². The van der Waals surface area contributed by atoms with Crippen molar-refractivity contribution in [2.24, 2.45) is 11.3 Å². The fourth-order valence-electron chi connectivity index (χ4n) is 6.32. The van der Waals surface area contributed by atoms with Gasteiger partial charge in [-0.25, -0.2) is 0 Å². The molecule has 5 nitrogen and oxygen atoms in total. The number of piperidine rings is 1. The molecule has 190 valence electrons. The van der Waals surface area contributed by atoms with Crippen LogP contribution in [-0.2, 0) is 11.3 Å². The van der Waals surface area contributed by atoms with Crippen LogP contribution in [0.15, 0.2) is 18.2 Å². The van der Waals surface area contributed by atoms with Gasteiger partial charge in [0.15, 0.2) is 0 Å². The molecule has 1 aromatic rings. The molecule has 1 amide bonds. The molecule has 5 rings (SSSR count). The fourth-order valence-corrected chi connectivity index (χ4v) is 6.32. The van der Waals surface area contributed by atoms with Gasteiger partial charge in [0.25, 0.3) is 5.91 Å². The number of hydrogen-bond acceptors (Lipinski definition) is 4. The molecule has 0 radical (unpaired) electrons. The van der Waals surface area contributed by atoms with Gasteiger partial charge in [-0.1, -0.05) is 62.6 Å². The Labute approximate surface area is 206 Å². The van der Waals surface area contributed by atoms with Crippen LogP contribution in [0.25, 0.3) is 0 Å². The van der Waals surface area contributed by atoms with Gasteiger partial charge in [-0.3, -0.25) is 4.79 Å². The molecule has 1 N–H and O–H groups in total. The second-order valence-corrected chi connectivity index (χ2v) is 11.2. The third-order valence-corrected chi connectivity index (χ3v) is 8.34. The van der Waals surface area contributed by atoms with E-state index in [1.54, 1.807) is 4.90 Å². The summed E-state index contributed by atoms with van der Waals surface area (Å²) in [6.45, 7) is 5.00. The smallest absolute Gasteiger partial charge is 0.254 e. The van der Waals surface area contributed by atoms with E-state index in [2.05, 4.69) is 18.0 Å². The highest BCUT2D eigenvalue weighted by atomic mass is 16.3. The van der Waals surface area contributed by atoms with Gasteiger partial charge in [-0.2, -0.15) is 0 Å². The van der Waals surface area contributed by atoms with Crippen LogP contribution in [0.1, 0.15) is 98.5 Å². The molecule has 2 saturated carbocycles. The topological polar surface area (TPSA) is 60.9 Å². The zero-order valence-electron chi connectivity index (χ0n) is 21.7. The Morgan fingerprint density at radius 2 is 1.76 bits per heavy atom. The number of amides is 1. The van der Waals surface area contributed by atoms with E-state index in [0.717, 1.165) is 62.2 Å². The van der Waals surface area contributed by atoms with Crippen LogP contribution in [0.2, 0.25) is 0 Å². The van der Waals surface area contributed by atoms with Crippen molar-refractivity contribution in [3.05, 3.63) is 34.9 Å². The molecule has 1 unspecified atom stereocenters. The molecule has 1 aromatic carbocycles. The van der Waals surface area contributed by atoms with Crippen molar-refractivity contribution in [3.8, 4) is 0 Å². The molecule has 34 heavy (non-hydrogen) atoms. The van der Waals surface area contributed by atoms with Crippen LogP contribution < -0.4 is 0 Å². The lowest BCUT2D eigenvalue weighted by atomic mass is 9.76. The van der Waals surface area contributed by atoms with Crippen molar-refractivity contribution in [1.82, 2.24) is 9.80 Å². The molecule has 2 aliphatic carbocycles. The molecule has 0 aromatic heterocycles. The first-order valence-corrected chi connectivity index (χ1v) is 13.5. The van der Waals surface area contributed by atoms with Crippen LogP contribution in [0.5, 0.6) is 0 Å². The monoisotopic (exact) mass is 470 g/mol. The highest BCUT2D eigenvalue weighted by molar-refractivity contribution is 5.98. The molecule has 3 fully saturated rings. The van der Waals surface area contributed by atoms with Crippen molar-refractivity contribution in [2.75, 3.05) is 27.2 Å². The molecule has 5 heteroatoms. The lowest BCUT2D eigenvalue weighted by Gasteiger charge is -2.42. The summed E-state index contributed by atoms with van der Waals surface area (Å²) in [6, 6.07) is 5.98. The summed E-state index contributed by atoms with van der Waals surface area (Å²) in [5.41, 5.74) is 3.52. The Bertz CT molecular complexity index is 797. The highest BCUT2D eigenvalue weighted by Gasteiger charge is 2.43. The second-order valence-electron chi connectivity index (χ2n) is 11.2. The van der Waals surface area contributed by atoms with Crippen molar-refractivity contribution < 1.29 is 14.7 Å². The van der Waals surface area contributed by atoms with Gasteiger partial charge < -0.3 is 19.7 Å². The van der Waals surface area contributed by atoms with Crippen LogP contribution in [0, 0.1) is 18.3 Å². The number of aliphatic hydroxyl groups is 1. The largest absolute Gasteiger partial charge is 0.392 e. The molecule has 1 atom stereocenters. The predicted octanol–water partition coefficient (Wildman–Crippen LogP) is 5.37. The van der Waals surface area contributed by atoms with E-state index < -0.39 is 0 Å². The van der Waals surface area contributed by atoms with E-state index >= 15 is 0 Å². The number of fused-ring (bicyclic) bond motifs is 1. The van der Waals surface area contributed by atoms with Crippen LogP contribution in [0.4, 0.5) is 0 Å². The van der Waals surface area contributed by atoms with Gasteiger partial charge in [0.05, 0.1) is 6.10 Å². The minimum absolute atomic E-state index is 0.0174. The number of likely N-dealkylation sites (tertiary alicyclic amines) is 1. The fraction of sp³-hybridized carbons (Fsp3) is 0.724. The SMILES string of the molecule is CN1CCC(O)C2(CCCC2)C1.Cc1ccc2c(c1)CN(C)C2=O.O=CCCC1CCCCC1. The van der Waals surface area contributed by atoms with E-state index in [1.807, 2.05) is 26.1 Å². The quantitative estimate of drug-likeness (QED) is 0.604. The van der Waals surface area contributed by atoms with Crippen LogP contribution >= 0.6 is 0 Å². The van der Waals surface area contributed by atoms with E-state index in [0.29, 0.717) is 0 Å². The Morgan fingerprint density at radius 3 is 2.44 bits per heavy atom. The predicted molar refractivity (Wildman–Crippen MR) is 138 cm³/mol. The van der Waals surface area contributed by atoms with Crippen molar-refractivity contribution in [1.29, 1.82) is 0 Å². The zero-order chi connectivity index (χ0) is 24.6. The first-order valence-electron chi connectivity index (χ1n) is 13.5.